The van der Waals surface area contributed by atoms with Crippen LogP contribution in [0.2, 0.25) is 5.02 Å². The summed E-state index contributed by atoms with van der Waals surface area (Å²) in [5, 5.41) is 3.74. The lowest BCUT2D eigenvalue weighted by Crippen LogP contribution is -2.05. The molecule has 0 fully saturated rings. The van der Waals surface area contributed by atoms with Crippen LogP contribution >= 0.6 is 11.6 Å². The van der Waals surface area contributed by atoms with Crippen LogP contribution in [0.1, 0.15) is 0 Å². The quantitative estimate of drug-likeness (QED) is 0.871. The van der Waals surface area contributed by atoms with Gasteiger partial charge in [-0.05, 0) is 12.1 Å². The number of aromatic nitrogens is 2. The monoisotopic (exact) mass is 318 g/mol. The molecule has 108 valence electrons. The highest BCUT2D eigenvalue weighted by atomic mass is 35.5. The molecule has 0 aliphatic carbocycles. The van der Waals surface area contributed by atoms with Crippen LogP contribution in [0.3, 0.4) is 0 Å². The van der Waals surface area contributed by atoms with E-state index in [0.717, 1.165) is 10.9 Å². The van der Waals surface area contributed by atoms with Crippen LogP contribution < -0.4 is 4.74 Å². The maximum absolute atomic E-state index is 14.0. The second kappa shape index (κ2) is 5.06. The van der Waals surface area contributed by atoms with Crippen molar-refractivity contribution in [2.24, 2.45) is 7.05 Å². The van der Waals surface area contributed by atoms with Gasteiger partial charge >= 0.3 is 0 Å². The number of ether oxygens (including phenoxy) is 1. The van der Waals surface area contributed by atoms with E-state index < -0.39 is 15.7 Å². The van der Waals surface area contributed by atoms with Gasteiger partial charge in [-0.3, -0.25) is 4.68 Å². The number of hydrogen-bond donors (Lipinski definition) is 0. The molecule has 0 bridgehead atoms. The summed E-state index contributed by atoms with van der Waals surface area (Å²) in [4.78, 5) is 0. The number of hydrogen-bond acceptors (Lipinski definition) is 4. The van der Waals surface area contributed by atoms with Crippen molar-refractivity contribution in [2.75, 3.05) is 13.4 Å². The van der Waals surface area contributed by atoms with E-state index >= 15 is 0 Å². The lowest BCUT2D eigenvalue weighted by atomic mass is 10.1. The van der Waals surface area contributed by atoms with Crippen LogP contribution in [0.15, 0.2) is 23.2 Å². The zero-order valence-electron chi connectivity index (χ0n) is 11.0. The third-order valence-corrected chi connectivity index (χ3v) is 4.36. The summed E-state index contributed by atoms with van der Waals surface area (Å²) in [6, 6.07) is 4.17. The Bertz CT molecular complexity index is 771. The molecule has 20 heavy (non-hydrogen) atoms. The predicted molar refractivity (Wildman–Crippen MR) is 73.3 cm³/mol. The van der Waals surface area contributed by atoms with E-state index in [1.807, 2.05) is 0 Å². The van der Waals surface area contributed by atoms with Crippen molar-refractivity contribution in [3.05, 3.63) is 29.0 Å². The van der Waals surface area contributed by atoms with Crippen molar-refractivity contribution in [3.8, 4) is 17.0 Å². The normalized spacial score (nSPS) is 11.7. The number of halogens is 2. The molecule has 0 atom stereocenters. The van der Waals surface area contributed by atoms with Gasteiger partial charge in [0.1, 0.15) is 22.3 Å². The first-order valence-electron chi connectivity index (χ1n) is 5.52. The number of methoxy groups -OCH3 is 1. The van der Waals surface area contributed by atoms with E-state index in [4.69, 9.17) is 16.3 Å². The van der Waals surface area contributed by atoms with E-state index in [0.29, 0.717) is 5.75 Å². The maximum Gasteiger partial charge on any atom is 0.193 e. The molecular formula is C12H12ClFN2O3S. The average molecular weight is 319 g/mol. The number of aryl methyl sites for hydroxylation is 1. The summed E-state index contributed by atoms with van der Waals surface area (Å²) >= 11 is 6.03. The van der Waals surface area contributed by atoms with Gasteiger partial charge < -0.3 is 4.74 Å². The fraction of sp³-hybridized carbons (Fsp3) is 0.250. The van der Waals surface area contributed by atoms with Gasteiger partial charge in [-0.1, -0.05) is 11.6 Å². The second-order valence-electron chi connectivity index (χ2n) is 4.21. The molecule has 8 heteroatoms. The largest absolute Gasteiger partial charge is 0.497 e. The van der Waals surface area contributed by atoms with Crippen molar-refractivity contribution in [1.82, 2.24) is 9.78 Å². The van der Waals surface area contributed by atoms with E-state index in [1.54, 1.807) is 6.07 Å². The minimum atomic E-state index is -3.56. The zero-order valence-corrected chi connectivity index (χ0v) is 12.6. The highest BCUT2D eigenvalue weighted by molar-refractivity contribution is 7.90. The molecule has 1 aromatic carbocycles. The Balaban J connectivity index is 2.66. The number of rotatable bonds is 3. The van der Waals surface area contributed by atoms with Crippen LogP contribution in [-0.4, -0.2) is 31.6 Å². The molecule has 1 heterocycles. The molecule has 0 amide bonds. The first-order valence-corrected chi connectivity index (χ1v) is 7.79. The van der Waals surface area contributed by atoms with Crippen LogP contribution in [0.5, 0.6) is 5.75 Å². The van der Waals surface area contributed by atoms with E-state index in [1.165, 1.54) is 26.3 Å². The van der Waals surface area contributed by atoms with Gasteiger partial charge in [-0.2, -0.15) is 5.10 Å². The molecule has 2 rings (SSSR count). The highest BCUT2D eigenvalue weighted by Gasteiger charge is 2.24. The molecule has 0 N–H and O–H groups in total. The Morgan fingerprint density at radius 3 is 2.50 bits per heavy atom. The van der Waals surface area contributed by atoms with Gasteiger partial charge in [0.2, 0.25) is 0 Å². The Kier molecular flexibility index (Phi) is 3.75. The minimum absolute atomic E-state index is 0.0785. The molecule has 2 aromatic rings. The third-order valence-electron chi connectivity index (χ3n) is 2.72. The third kappa shape index (κ3) is 2.51. The molecule has 0 saturated heterocycles. The lowest BCUT2D eigenvalue weighted by molar-refractivity contribution is 0.411. The number of sulfone groups is 1. The second-order valence-corrected chi connectivity index (χ2v) is 6.52. The summed E-state index contributed by atoms with van der Waals surface area (Å²) in [6.07, 6.45) is 1.02. The maximum atomic E-state index is 14.0. The highest BCUT2D eigenvalue weighted by Crippen LogP contribution is 2.34. The Labute approximate surface area is 120 Å². The van der Waals surface area contributed by atoms with Gasteiger partial charge in [0, 0.05) is 24.9 Å². The van der Waals surface area contributed by atoms with Crippen molar-refractivity contribution in [1.29, 1.82) is 0 Å². The fourth-order valence-corrected chi connectivity index (χ4v) is 3.50. The Morgan fingerprint density at radius 1 is 1.40 bits per heavy atom. The van der Waals surface area contributed by atoms with Crippen molar-refractivity contribution >= 4 is 21.4 Å². The Morgan fingerprint density at radius 2 is 2.05 bits per heavy atom. The average Bonchev–Trinajstić information content (AvgIpc) is 2.63. The molecule has 1 aromatic heterocycles. The smallest absolute Gasteiger partial charge is 0.193 e. The SMILES string of the molecule is COc1ccc(-c2nn(C)c(S(C)(=O)=O)c2Cl)c(F)c1. The molecule has 5 nitrogen and oxygen atoms in total. The molecule has 0 radical (unpaired) electrons. The first kappa shape index (κ1) is 14.8. The van der Waals surface area contributed by atoms with E-state index in [-0.39, 0.29) is 21.3 Å². The number of nitrogens with zero attached hydrogens (tertiary/aromatic N) is 2. The summed E-state index contributed by atoms with van der Waals surface area (Å²) in [5.41, 5.74) is 0.191. The van der Waals surface area contributed by atoms with Crippen LogP contribution in [0.4, 0.5) is 4.39 Å². The van der Waals surface area contributed by atoms with Gasteiger partial charge in [-0.15, -0.1) is 0 Å². The summed E-state index contributed by atoms with van der Waals surface area (Å²) < 4.78 is 43.3. The standard InChI is InChI=1S/C12H12ClFN2O3S/c1-16-12(20(3,17)18)10(13)11(15-16)8-5-4-7(19-2)6-9(8)14/h4-6H,1-3H3. The van der Waals surface area contributed by atoms with Crippen molar-refractivity contribution in [3.63, 3.8) is 0 Å². The predicted octanol–water partition coefficient (Wildman–Crippen LogP) is 2.29. The molecule has 0 aliphatic heterocycles. The fourth-order valence-electron chi connectivity index (χ4n) is 1.87. The van der Waals surface area contributed by atoms with Gasteiger partial charge in [0.15, 0.2) is 14.9 Å². The molecule has 0 saturated carbocycles. The minimum Gasteiger partial charge on any atom is -0.497 e. The lowest BCUT2D eigenvalue weighted by Gasteiger charge is -2.03. The Hall–Kier alpha value is -1.60. The summed E-state index contributed by atoms with van der Waals surface area (Å²) in [7, 11) is -0.697. The van der Waals surface area contributed by atoms with Crippen molar-refractivity contribution in [2.45, 2.75) is 5.03 Å². The van der Waals surface area contributed by atoms with Crippen LogP contribution in [0.25, 0.3) is 11.3 Å². The van der Waals surface area contributed by atoms with Gasteiger partial charge in [-0.25, -0.2) is 12.8 Å². The summed E-state index contributed by atoms with van der Waals surface area (Å²) in [5.74, 6) is -0.244. The molecule has 0 unspecified atom stereocenters. The van der Waals surface area contributed by atoms with Crippen LogP contribution in [0, 0.1) is 5.82 Å². The molecule has 0 spiro atoms. The van der Waals surface area contributed by atoms with E-state index in [9.17, 15) is 12.8 Å². The topological polar surface area (TPSA) is 61.2 Å². The summed E-state index contributed by atoms with van der Waals surface area (Å²) in [6.45, 7) is 0. The first-order chi connectivity index (χ1) is 9.25. The van der Waals surface area contributed by atoms with Gasteiger partial charge in [0.25, 0.3) is 0 Å². The van der Waals surface area contributed by atoms with Gasteiger partial charge in [0.05, 0.1) is 7.11 Å². The van der Waals surface area contributed by atoms with Crippen molar-refractivity contribution < 1.29 is 17.5 Å². The zero-order chi connectivity index (χ0) is 15.1. The molecule has 0 aliphatic rings. The van der Waals surface area contributed by atoms with Crippen LogP contribution in [-0.2, 0) is 16.9 Å². The molecular weight excluding hydrogens is 307 g/mol. The van der Waals surface area contributed by atoms with E-state index in [2.05, 4.69) is 5.10 Å². The number of benzene rings is 1.